The first kappa shape index (κ1) is 24.6. The number of aryl methyl sites for hydroxylation is 1. The van der Waals surface area contributed by atoms with Gasteiger partial charge in [-0.15, -0.1) is 24.0 Å². The number of methoxy groups -OCH3 is 2. The second-order valence-corrected chi connectivity index (χ2v) is 7.71. The number of halogens is 1. The van der Waals surface area contributed by atoms with Crippen molar-refractivity contribution in [3.63, 3.8) is 0 Å². The summed E-state index contributed by atoms with van der Waals surface area (Å²) in [6.07, 6.45) is 4.12. The topological polar surface area (TPSA) is 79.9 Å². The number of benzene rings is 1. The fourth-order valence-electron chi connectivity index (χ4n) is 3.69. The first-order valence-corrected chi connectivity index (χ1v) is 10.5. The van der Waals surface area contributed by atoms with Crippen LogP contribution in [-0.4, -0.2) is 57.0 Å². The van der Waals surface area contributed by atoms with Crippen LogP contribution in [0.3, 0.4) is 0 Å². The molecule has 8 heteroatoms. The van der Waals surface area contributed by atoms with Crippen LogP contribution in [0.25, 0.3) is 10.9 Å². The van der Waals surface area contributed by atoms with Crippen LogP contribution in [0.1, 0.15) is 38.8 Å². The molecule has 7 nitrogen and oxygen atoms in total. The van der Waals surface area contributed by atoms with E-state index in [0.29, 0.717) is 6.54 Å². The average Bonchev–Trinajstić information content (AvgIpc) is 3.34. The van der Waals surface area contributed by atoms with Gasteiger partial charge in [0.1, 0.15) is 11.5 Å². The van der Waals surface area contributed by atoms with Crippen LogP contribution < -0.4 is 20.1 Å². The third kappa shape index (κ3) is 6.41. The quantitative estimate of drug-likeness (QED) is 0.199. The lowest BCUT2D eigenvalue weighted by atomic mass is 10.0. The molecular weight excluding hydrogens is 495 g/mol. The summed E-state index contributed by atoms with van der Waals surface area (Å²) in [5, 5.41) is 7.83. The van der Waals surface area contributed by atoms with Crippen molar-refractivity contribution in [1.82, 2.24) is 15.6 Å². The highest BCUT2D eigenvalue weighted by molar-refractivity contribution is 14.0. The Balaban J connectivity index is 0.00000320. The van der Waals surface area contributed by atoms with E-state index in [4.69, 9.17) is 19.2 Å². The molecule has 0 bridgehead atoms. The lowest BCUT2D eigenvalue weighted by Gasteiger charge is -2.21. The molecule has 30 heavy (non-hydrogen) atoms. The number of nitrogens with zero attached hydrogens (tertiary/aromatic N) is 1. The number of H-pyrrole nitrogens is 1. The molecule has 1 aromatic heterocycles. The maximum atomic E-state index is 5.83. The van der Waals surface area contributed by atoms with Gasteiger partial charge in [-0.3, -0.25) is 4.99 Å². The van der Waals surface area contributed by atoms with Crippen molar-refractivity contribution in [2.24, 2.45) is 4.99 Å². The molecule has 3 rings (SSSR count). The third-order valence-electron chi connectivity index (χ3n) is 5.32. The van der Waals surface area contributed by atoms with E-state index in [9.17, 15) is 0 Å². The molecule has 0 amide bonds. The van der Waals surface area contributed by atoms with Crippen LogP contribution in [0.15, 0.2) is 23.2 Å². The number of ether oxygens (including phenoxy) is 3. The Morgan fingerprint density at radius 3 is 2.73 bits per heavy atom. The van der Waals surface area contributed by atoms with Crippen LogP contribution in [0, 0.1) is 0 Å². The summed E-state index contributed by atoms with van der Waals surface area (Å²) in [4.78, 5) is 8.19. The zero-order valence-electron chi connectivity index (χ0n) is 18.5. The van der Waals surface area contributed by atoms with Gasteiger partial charge < -0.3 is 29.8 Å². The van der Waals surface area contributed by atoms with Gasteiger partial charge in [0.15, 0.2) is 5.96 Å². The number of fused-ring (bicyclic) bond motifs is 1. The normalized spacial score (nSPS) is 18.9. The lowest BCUT2D eigenvalue weighted by Crippen LogP contribution is -2.39. The van der Waals surface area contributed by atoms with Crippen molar-refractivity contribution in [2.45, 2.75) is 45.1 Å². The van der Waals surface area contributed by atoms with Gasteiger partial charge in [-0.1, -0.05) is 0 Å². The minimum atomic E-state index is -0.118. The summed E-state index contributed by atoms with van der Waals surface area (Å²) in [6.45, 7) is 7.44. The number of aromatic nitrogens is 1. The lowest BCUT2D eigenvalue weighted by molar-refractivity contribution is 0.0283. The van der Waals surface area contributed by atoms with Crippen LogP contribution in [-0.2, 0) is 11.2 Å². The molecule has 1 saturated heterocycles. The van der Waals surface area contributed by atoms with Gasteiger partial charge in [0.25, 0.3) is 0 Å². The van der Waals surface area contributed by atoms with Crippen molar-refractivity contribution in [3.8, 4) is 11.5 Å². The molecule has 168 valence electrons. The van der Waals surface area contributed by atoms with E-state index in [2.05, 4.69) is 35.5 Å². The number of nitrogens with one attached hydrogen (secondary N) is 3. The molecule has 1 unspecified atom stereocenters. The Labute approximate surface area is 196 Å². The average molecular weight is 530 g/mol. The highest BCUT2D eigenvalue weighted by atomic mass is 127. The first-order valence-electron chi connectivity index (χ1n) is 10.5. The predicted octanol–water partition coefficient (Wildman–Crippen LogP) is 3.86. The first-order chi connectivity index (χ1) is 14.1. The van der Waals surface area contributed by atoms with Crippen LogP contribution in [0.2, 0.25) is 0 Å². The van der Waals surface area contributed by atoms with E-state index < -0.39 is 0 Å². The standard InChI is InChI=1S/C22H34N4O3.HI/c1-5-23-21(25-15-22(2)9-7-11-29-22)24-10-6-8-16-12-18-19(26-16)13-17(27-3)14-20(18)28-4;/h12-14,26H,5-11,15H2,1-4H3,(H2,23,24,25);1H. The Morgan fingerprint density at radius 2 is 2.07 bits per heavy atom. The molecule has 1 atom stereocenters. The number of hydrogen-bond donors (Lipinski definition) is 3. The monoisotopic (exact) mass is 530 g/mol. The molecule has 0 aliphatic carbocycles. The summed E-state index contributed by atoms with van der Waals surface area (Å²) in [7, 11) is 3.35. The summed E-state index contributed by atoms with van der Waals surface area (Å²) >= 11 is 0. The van der Waals surface area contributed by atoms with Crippen LogP contribution >= 0.6 is 24.0 Å². The molecule has 1 aromatic carbocycles. The molecular formula is C22H35IN4O3. The molecule has 0 saturated carbocycles. The maximum Gasteiger partial charge on any atom is 0.191 e. The van der Waals surface area contributed by atoms with Crippen LogP contribution in [0.5, 0.6) is 11.5 Å². The molecule has 1 aliphatic rings. The van der Waals surface area contributed by atoms with E-state index >= 15 is 0 Å². The second kappa shape index (κ2) is 11.6. The highest BCUT2D eigenvalue weighted by Gasteiger charge is 2.29. The van der Waals surface area contributed by atoms with Gasteiger partial charge in [-0.05, 0) is 45.6 Å². The molecule has 1 aliphatic heterocycles. The Morgan fingerprint density at radius 1 is 1.23 bits per heavy atom. The minimum Gasteiger partial charge on any atom is -0.497 e. The number of hydrogen-bond acceptors (Lipinski definition) is 4. The molecule has 3 N–H and O–H groups in total. The van der Waals surface area contributed by atoms with Gasteiger partial charge in [-0.2, -0.15) is 0 Å². The number of aliphatic imine (C=N–C) groups is 1. The van der Waals surface area contributed by atoms with Crippen molar-refractivity contribution < 1.29 is 14.2 Å². The molecule has 0 spiro atoms. The molecule has 1 fully saturated rings. The van der Waals surface area contributed by atoms with Gasteiger partial charge in [0.05, 0.1) is 31.9 Å². The van der Waals surface area contributed by atoms with Crippen molar-refractivity contribution in [2.75, 3.05) is 40.5 Å². The van der Waals surface area contributed by atoms with E-state index in [1.807, 2.05) is 12.1 Å². The maximum absolute atomic E-state index is 5.83. The fraction of sp³-hybridized carbons (Fsp3) is 0.591. The minimum absolute atomic E-state index is 0. The molecule has 2 heterocycles. The van der Waals surface area contributed by atoms with Crippen molar-refractivity contribution in [3.05, 3.63) is 23.9 Å². The van der Waals surface area contributed by atoms with Gasteiger partial charge in [-0.25, -0.2) is 0 Å². The summed E-state index contributed by atoms with van der Waals surface area (Å²) < 4.78 is 16.7. The van der Waals surface area contributed by atoms with Crippen LogP contribution in [0.4, 0.5) is 0 Å². The molecule has 0 radical (unpaired) electrons. The largest absolute Gasteiger partial charge is 0.497 e. The van der Waals surface area contributed by atoms with Crippen molar-refractivity contribution in [1.29, 1.82) is 0 Å². The Kier molecular flexibility index (Phi) is 9.54. The van der Waals surface area contributed by atoms with Gasteiger partial charge >= 0.3 is 0 Å². The second-order valence-electron chi connectivity index (χ2n) is 7.71. The van der Waals surface area contributed by atoms with E-state index in [0.717, 1.165) is 73.7 Å². The third-order valence-corrected chi connectivity index (χ3v) is 5.32. The Hall–Kier alpha value is -1.68. The fourth-order valence-corrected chi connectivity index (χ4v) is 3.69. The number of rotatable bonds is 9. The zero-order chi connectivity index (χ0) is 20.7. The number of aromatic amines is 1. The SMILES string of the molecule is CCNC(=NCC1(C)CCCO1)NCCCc1cc2c(OC)cc(OC)cc2[nH]1.I. The zero-order valence-corrected chi connectivity index (χ0v) is 20.8. The van der Waals surface area contributed by atoms with Gasteiger partial charge in [0, 0.05) is 42.9 Å². The smallest absolute Gasteiger partial charge is 0.191 e. The van der Waals surface area contributed by atoms with Crippen molar-refractivity contribution >= 4 is 40.8 Å². The van der Waals surface area contributed by atoms with E-state index in [-0.39, 0.29) is 29.6 Å². The van der Waals surface area contributed by atoms with Gasteiger partial charge in [0.2, 0.25) is 0 Å². The predicted molar refractivity (Wildman–Crippen MR) is 133 cm³/mol. The summed E-state index contributed by atoms with van der Waals surface area (Å²) in [5.74, 6) is 2.47. The highest BCUT2D eigenvalue weighted by Crippen LogP contribution is 2.31. The number of guanidine groups is 1. The Bertz CT molecular complexity index is 831. The summed E-state index contributed by atoms with van der Waals surface area (Å²) in [5.41, 5.74) is 2.10. The van der Waals surface area contributed by atoms with E-state index in [1.54, 1.807) is 14.2 Å². The summed E-state index contributed by atoms with van der Waals surface area (Å²) in [6, 6.07) is 6.07. The van der Waals surface area contributed by atoms with E-state index in [1.165, 1.54) is 5.69 Å². The molecule has 2 aromatic rings.